The zero-order valence-electron chi connectivity index (χ0n) is 13.4. The molecule has 20 heavy (non-hydrogen) atoms. The Bertz CT molecular complexity index is 727. The Hall–Kier alpha value is -1.28. The summed E-state index contributed by atoms with van der Waals surface area (Å²) in [4.78, 5) is 12.7. The zero-order chi connectivity index (χ0) is 15.2. The Kier molecular flexibility index (Phi) is 3.97. The van der Waals surface area contributed by atoms with Gasteiger partial charge >= 0.3 is 0 Å². The van der Waals surface area contributed by atoms with E-state index < -0.39 is 0 Å². The molecule has 0 aromatic heterocycles. The van der Waals surface area contributed by atoms with Gasteiger partial charge in [-0.05, 0) is 92.0 Å². The summed E-state index contributed by atoms with van der Waals surface area (Å²) in [6.07, 6.45) is 3.06. The lowest BCUT2D eigenvalue weighted by atomic mass is 9.86. The van der Waals surface area contributed by atoms with Gasteiger partial charge in [0, 0.05) is 10.5 Å². The van der Waals surface area contributed by atoms with E-state index in [9.17, 15) is 4.79 Å². The molecule has 0 heterocycles. The summed E-state index contributed by atoms with van der Waals surface area (Å²) in [5.41, 5.74) is 8.57. The third-order valence-corrected chi connectivity index (χ3v) is 5.68. The van der Waals surface area contributed by atoms with Crippen molar-refractivity contribution in [2.24, 2.45) is 0 Å². The van der Waals surface area contributed by atoms with Crippen molar-refractivity contribution in [3.05, 3.63) is 38.9 Å². The number of benzene rings is 2. The molecule has 0 aliphatic rings. The molecule has 0 N–H and O–H groups in total. The Labute approximate surface area is 125 Å². The predicted octanol–water partition coefficient (Wildman–Crippen LogP) is 5.22. The first-order valence-electron chi connectivity index (χ1n) is 6.89. The van der Waals surface area contributed by atoms with Gasteiger partial charge in [-0.25, -0.2) is 0 Å². The van der Waals surface area contributed by atoms with Crippen molar-refractivity contribution in [1.29, 1.82) is 0 Å². The molecular formula is C18H22OS. The lowest BCUT2D eigenvalue weighted by molar-refractivity contribution is 0.112. The minimum absolute atomic E-state index is 0.855. The van der Waals surface area contributed by atoms with Crippen LogP contribution in [0.3, 0.4) is 0 Å². The van der Waals surface area contributed by atoms with E-state index in [4.69, 9.17) is 0 Å². The molecule has 0 amide bonds. The van der Waals surface area contributed by atoms with E-state index in [-0.39, 0.29) is 0 Å². The molecular weight excluding hydrogens is 264 g/mol. The highest BCUT2D eigenvalue weighted by molar-refractivity contribution is 7.98. The van der Waals surface area contributed by atoms with Crippen LogP contribution in [-0.2, 0) is 0 Å². The molecule has 1 nitrogen and oxygen atoms in total. The van der Waals surface area contributed by atoms with Crippen LogP contribution in [0.5, 0.6) is 0 Å². The van der Waals surface area contributed by atoms with Crippen molar-refractivity contribution in [3.63, 3.8) is 0 Å². The first-order valence-corrected chi connectivity index (χ1v) is 8.11. The van der Waals surface area contributed by atoms with Gasteiger partial charge in [0.1, 0.15) is 0 Å². The second-order valence-corrected chi connectivity index (χ2v) is 6.38. The summed E-state index contributed by atoms with van der Waals surface area (Å²) in [5, 5.41) is 2.60. The lowest BCUT2D eigenvalue weighted by Gasteiger charge is -2.21. The van der Waals surface area contributed by atoms with Gasteiger partial charge in [0.15, 0.2) is 6.29 Å². The molecule has 0 bridgehead atoms. The SMILES string of the molecule is CSc1c(C=O)c(C)c2c(C)c(C)c(C)c(C)c2c1C. The minimum atomic E-state index is 0.855. The van der Waals surface area contributed by atoms with Crippen LogP contribution in [0.2, 0.25) is 0 Å². The number of thioether (sulfide) groups is 1. The molecule has 0 unspecified atom stereocenters. The molecule has 0 atom stereocenters. The smallest absolute Gasteiger partial charge is 0.151 e. The zero-order valence-corrected chi connectivity index (χ0v) is 14.2. The molecule has 0 saturated heterocycles. The quantitative estimate of drug-likeness (QED) is 0.556. The second-order valence-electron chi connectivity index (χ2n) is 5.56. The Morgan fingerprint density at radius 3 is 1.55 bits per heavy atom. The van der Waals surface area contributed by atoms with Gasteiger partial charge in [-0.3, -0.25) is 4.79 Å². The fourth-order valence-corrected chi connectivity index (χ4v) is 4.10. The normalized spacial score (nSPS) is 11.2. The summed E-state index contributed by atoms with van der Waals surface area (Å²) < 4.78 is 0. The van der Waals surface area contributed by atoms with Crippen LogP contribution in [0.4, 0.5) is 0 Å². The number of aryl methyl sites for hydroxylation is 4. The molecule has 0 fully saturated rings. The molecule has 0 aliphatic heterocycles. The van der Waals surface area contributed by atoms with Gasteiger partial charge in [-0.1, -0.05) is 0 Å². The summed E-state index contributed by atoms with van der Waals surface area (Å²) in [5.74, 6) is 0. The number of fused-ring (bicyclic) bond motifs is 1. The summed E-state index contributed by atoms with van der Waals surface area (Å²) in [6, 6.07) is 0. The number of rotatable bonds is 2. The molecule has 0 saturated carbocycles. The monoisotopic (exact) mass is 286 g/mol. The average Bonchev–Trinajstić information content (AvgIpc) is 2.43. The summed E-state index contributed by atoms with van der Waals surface area (Å²) in [6.45, 7) is 13.0. The van der Waals surface area contributed by atoms with Crippen LogP contribution >= 0.6 is 11.8 Å². The average molecular weight is 286 g/mol. The molecule has 0 aliphatic carbocycles. The number of hydrogen-bond donors (Lipinski definition) is 0. The molecule has 2 heteroatoms. The van der Waals surface area contributed by atoms with Crippen LogP contribution in [0, 0.1) is 41.5 Å². The standard InChI is InChI=1S/C18H22OS/c1-9-10(2)12(4)17-14(6)18(20-7)15(8-19)13(5)16(17)11(9)3/h8H,1-7H3. The molecule has 106 valence electrons. The van der Waals surface area contributed by atoms with E-state index in [0.717, 1.165) is 22.3 Å². The van der Waals surface area contributed by atoms with Crippen molar-refractivity contribution in [3.8, 4) is 0 Å². The van der Waals surface area contributed by atoms with Crippen LogP contribution in [0.25, 0.3) is 10.8 Å². The maximum absolute atomic E-state index is 11.5. The Balaban J connectivity index is 3.20. The highest BCUT2D eigenvalue weighted by atomic mass is 32.2. The van der Waals surface area contributed by atoms with Crippen LogP contribution in [0.1, 0.15) is 43.7 Å². The highest BCUT2D eigenvalue weighted by Crippen LogP contribution is 2.39. The number of aldehydes is 1. The van der Waals surface area contributed by atoms with Gasteiger partial charge < -0.3 is 0 Å². The van der Waals surface area contributed by atoms with Crippen LogP contribution < -0.4 is 0 Å². The van der Waals surface area contributed by atoms with Crippen molar-refractivity contribution < 1.29 is 4.79 Å². The summed E-state index contributed by atoms with van der Waals surface area (Å²) >= 11 is 1.67. The fourth-order valence-electron chi connectivity index (χ4n) is 3.28. The second kappa shape index (κ2) is 5.25. The van der Waals surface area contributed by atoms with Gasteiger partial charge in [-0.15, -0.1) is 11.8 Å². The first-order chi connectivity index (χ1) is 9.36. The van der Waals surface area contributed by atoms with E-state index >= 15 is 0 Å². The topological polar surface area (TPSA) is 17.1 Å². The third-order valence-electron chi connectivity index (χ3n) is 4.75. The first kappa shape index (κ1) is 15.1. The van der Waals surface area contributed by atoms with Crippen molar-refractivity contribution in [2.75, 3.05) is 6.26 Å². The Morgan fingerprint density at radius 2 is 1.15 bits per heavy atom. The van der Waals surface area contributed by atoms with E-state index in [1.54, 1.807) is 11.8 Å². The fraction of sp³-hybridized carbons (Fsp3) is 0.389. The number of hydrogen-bond acceptors (Lipinski definition) is 2. The van der Waals surface area contributed by atoms with E-state index in [1.165, 1.54) is 38.6 Å². The highest BCUT2D eigenvalue weighted by Gasteiger charge is 2.19. The molecule has 0 radical (unpaired) electrons. The van der Waals surface area contributed by atoms with Crippen molar-refractivity contribution >= 4 is 28.8 Å². The number of carbonyl (C=O) groups excluding carboxylic acids is 1. The molecule has 0 spiro atoms. The van der Waals surface area contributed by atoms with Crippen molar-refractivity contribution in [2.45, 2.75) is 46.4 Å². The maximum atomic E-state index is 11.5. The van der Waals surface area contributed by atoms with Gasteiger partial charge in [0.25, 0.3) is 0 Å². The maximum Gasteiger partial charge on any atom is 0.151 e. The van der Waals surface area contributed by atoms with E-state index in [2.05, 4.69) is 41.5 Å². The molecule has 2 rings (SSSR count). The largest absolute Gasteiger partial charge is 0.298 e. The van der Waals surface area contributed by atoms with Gasteiger partial charge in [0.2, 0.25) is 0 Å². The van der Waals surface area contributed by atoms with Gasteiger partial charge in [-0.2, -0.15) is 0 Å². The Morgan fingerprint density at radius 1 is 0.700 bits per heavy atom. The van der Waals surface area contributed by atoms with Crippen LogP contribution in [-0.4, -0.2) is 12.5 Å². The van der Waals surface area contributed by atoms with Gasteiger partial charge in [0.05, 0.1) is 0 Å². The number of carbonyl (C=O) groups is 1. The minimum Gasteiger partial charge on any atom is -0.298 e. The van der Waals surface area contributed by atoms with Crippen molar-refractivity contribution in [1.82, 2.24) is 0 Å². The lowest BCUT2D eigenvalue weighted by Crippen LogP contribution is -2.02. The summed E-state index contributed by atoms with van der Waals surface area (Å²) in [7, 11) is 0. The van der Waals surface area contributed by atoms with E-state index in [1.807, 2.05) is 6.26 Å². The molecule has 2 aromatic rings. The van der Waals surface area contributed by atoms with E-state index in [0.29, 0.717) is 0 Å². The predicted molar refractivity (Wildman–Crippen MR) is 89.5 cm³/mol. The third kappa shape index (κ3) is 1.89. The molecule has 2 aromatic carbocycles. The van der Waals surface area contributed by atoms with Crippen LogP contribution in [0.15, 0.2) is 4.90 Å².